The van der Waals surface area contributed by atoms with E-state index in [1.165, 1.54) is 4.90 Å². The van der Waals surface area contributed by atoms with E-state index in [1.807, 2.05) is 6.92 Å². The number of carbonyl (C=O) groups is 2. The van der Waals surface area contributed by atoms with Gasteiger partial charge in [0.05, 0.1) is 6.04 Å². The molecule has 1 aliphatic rings. The first kappa shape index (κ1) is 13.9. The standard InChI is InChI=1S/C14H16ClNO3/c1-2-11-7-12(17)8-13(16(11)14(18)19)9-3-5-10(15)6-4-9/h3-6,11,13H,2,7-8H2,1H3,(H,18,19). The van der Waals surface area contributed by atoms with E-state index in [1.54, 1.807) is 24.3 Å². The minimum atomic E-state index is -0.973. The topological polar surface area (TPSA) is 57.6 Å². The van der Waals surface area contributed by atoms with Crippen LogP contribution in [0, 0.1) is 0 Å². The zero-order valence-electron chi connectivity index (χ0n) is 10.7. The van der Waals surface area contributed by atoms with E-state index in [2.05, 4.69) is 0 Å². The molecule has 0 bridgehead atoms. The summed E-state index contributed by atoms with van der Waals surface area (Å²) in [5.74, 6) is 0.115. The van der Waals surface area contributed by atoms with Crippen molar-refractivity contribution < 1.29 is 14.7 Å². The number of likely N-dealkylation sites (tertiary alicyclic amines) is 1. The van der Waals surface area contributed by atoms with Gasteiger partial charge in [-0.3, -0.25) is 9.69 Å². The molecule has 1 heterocycles. The minimum absolute atomic E-state index is 0.115. The average molecular weight is 282 g/mol. The summed E-state index contributed by atoms with van der Waals surface area (Å²) in [6.45, 7) is 1.90. The molecule has 2 atom stereocenters. The number of ketones is 1. The maximum Gasteiger partial charge on any atom is 0.408 e. The maximum absolute atomic E-state index is 11.8. The Kier molecular flexibility index (Phi) is 4.10. The number of Topliss-reactive ketones (excluding diaryl/α,β-unsaturated/α-hetero) is 1. The third-order valence-electron chi connectivity index (χ3n) is 3.56. The number of hydrogen-bond donors (Lipinski definition) is 1. The van der Waals surface area contributed by atoms with Gasteiger partial charge in [0.1, 0.15) is 5.78 Å². The summed E-state index contributed by atoms with van der Waals surface area (Å²) >= 11 is 5.84. The van der Waals surface area contributed by atoms with E-state index in [9.17, 15) is 14.7 Å². The summed E-state index contributed by atoms with van der Waals surface area (Å²) in [5.41, 5.74) is 0.818. The van der Waals surface area contributed by atoms with E-state index in [-0.39, 0.29) is 18.2 Å². The van der Waals surface area contributed by atoms with Crippen molar-refractivity contribution in [3.05, 3.63) is 34.9 Å². The molecule has 0 spiro atoms. The van der Waals surface area contributed by atoms with Gasteiger partial charge in [-0.2, -0.15) is 0 Å². The molecule has 1 aromatic carbocycles. The smallest absolute Gasteiger partial charge is 0.408 e. The van der Waals surface area contributed by atoms with Crippen LogP contribution in [0.1, 0.15) is 37.8 Å². The first-order valence-corrected chi connectivity index (χ1v) is 6.69. The molecule has 102 valence electrons. The van der Waals surface area contributed by atoms with E-state index in [0.717, 1.165) is 5.56 Å². The fourth-order valence-electron chi connectivity index (χ4n) is 2.61. The number of rotatable bonds is 2. The van der Waals surface area contributed by atoms with Gasteiger partial charge in [-0.15, -0.1) is 0 Å². The van der Waals surface area contributed by atoms with Gasteiger partial charge in [0.2, 0.25) is 0 Å². The molecule has 1 N–H and O–H groups in total. The molecular weight excluding hydrogens is 266 g/mol. The number of halogens is 1. The lowest BCUT2D eigenvalue weighted by molar-refractivity contribution is -0.124. The summed E-state index contributed by atoms with van der Waals surface area (Å²) in [6, 6.07) is 6.37. The van der Waals surface area contributed by atoms with Gasteiger partial charge in [-0.25, -0.2) is 4.79 Å². The van der Waals surface area contributed by atoms with Crippen molar-refractivity contribution in [3.63, 3.8) is 0 Å². The fourth-order valence-corrected chi connectivity index (χ4v) is 2.73. The highest BCUT2D eigenvalue weighted by atomic mass is 35.5. The van der Waals surface area contributed by atoms with Crippen LogP contribution in [0.25, 0.3) is 0 Å². The van der Waals surface area contributed by atoms with Gasteiger partial charge in [0.15, 0.2) is 0 Å². The number of nitrogens with zero attached hydrogens (tertiary/aromatic N) is 1. The lowest BCUT2D eigenvalue weighted by Crippen LogP contribution is -2.47. The summed E-state index contributed by atoms with van der Waals surface area (Å²) in [4.78, 5) is 24.7. The molecule has 0 aliphatic carbocycles. The Morgan fingerprint density at radius 3 is 2.53 bits per heavy atom. The van der Waals surface area contributed by atoms with Crippen molar-refractivity contribution in [3.8, 4) is 0 Å². The molecule has 1 fully saturated rings. The van der Waals surface area contributed by atoms with Crippen molar-refractivity contribution in [1.29, 1.82) is 0 Å². The van der Waals surface area contributed by atoms with Gasteiger partial charge >= 0.3 is 6.09 Å². The second kappa shape index (κ2) is 5.61. The molecule has 0 aromatic heterocycles. The number of amides is 1. The van der Waals surface area contributed by atoms with Crippen LogP contribution in [0.5, 0.6) is 0 Å². The molecule has 19 heavy (non-hydrogen) atoms. The lowest BCUT2D eigenvalue weighted by Gasteiger charge is -2.39. The maximum atomic E-state index is 11.8. The molecular formula is C14H16ClNO3. The summed E-state index contributed by atoms with van der Waals surface area (Å²) in [6.07, 6.45) is 0.221. The monoisotopic (exact) mass is 281 g/mol. The largest absolute Gasteiger partial charge is 0.465 e. The summed E-state index contributed by atoms with van der Waals surface area (Å²) < 4.78 is 0. The zero-order valence-corrected chi connectivity index (χ0v) is 11.4. The molecule has 1 amide bonds. The highest BCUT2D eigenvalue weighted by molar-refractivity contribution is 6.30. The number of carbonyl (C=O) groups excluding carboxylic acids is 1. The van der Waals surface area contributed by atoms with Crippen LogP contribution < -0.4 is 0 Å². The highest BCUT2D eigenvalue weighted by Crippen LogP contribution is 2.34. The predicted octanol–water partition coefficient (Wildman–Crippen LogP) is 3.50. The van der Waals surface area contributed by atoms with E-state index in [4.69, 9.17) is 11.6 Å². The van der Waals surface area contributed by atoms with Crippen LogP contribution in [0.2, 0.25) is 5.02 Å². The van der Waals surface area contributed by atoms with Crippen LogP contribution in [0.4, 0.5) is 4.79 Å². The van der Waals surface area contributed by atoms with Gasteiger partial charge in [-0.05, 0) is 24.1 Å². The molecule has 2 rings (SSSR count). The van der Waals surface area contributed by atoms with Gasteiger partial charge in [0.25, 0.3) is 0 Å². The summed E-state index contributed by atoms with van der Waals surface area (Å²) in [7, 11) is 0. The van der Waals surface area contributed by atoms with Gasteiger partial charge in [-0.1, -0.05) is 30.7 Å². The first-order chi connectivity index (χ1) is 9.02. The summed E-state index contributed by atoms with van der Waals surface area (Å²) in [5, 5.41) is 10.00. The Balaban J connectivity index is 2.36. The van der Waals surface area contributed by atoms with Crippen molar-refractivity contribution in [2.75, 3.05) is 0 Å². The van der Waals surface area contributed by atoms with Crippen LogP contribution in [0.3, 0.4) is 0 Å². The lowest BCUT2D eigenvalue weighted by atomic mass is 9.89. The zero-order chi connectivity index (χ0) is 14.0. The molecule has 5 heteroatoms. The van der Waals surface area contributed by atoms with Crippen molar-refractivity contribution in [1.82, 2.24) is 4.90 Å². The third-order valence-corrected chi connectivity index (χ3v) is 3.81. The molecule has 0 saturated carbocycles. The molecule has 4 nitrogen and oxygen atoms in total. The van der Waals surface area contributed by atoms with Crippen LogP contribution in [-0.2, 0) is 4.79 Å². The fraction of sp³-hybridized carbons (Fsp3) is 0.429. The minimum Gasteiger partial charge on any atom is -0.465 e. The second-order valence-corrected chi connectivity index (χ2v) is 5.20. The van der Waals surface area contributed by atoms with Crippen LogP contribution >= 0.6 is 11.6 Å². The van der Waals surface area contributed by atoms with Crippen molar-refractivity contribution >= 4 is 23.5 Å². The van der Waals surface area contributed by atoms with E-state index >= 15 is 0 Å². The molecule has 1 aromatic rings. The Morgan fingerprint density at radius 1 is 1.37 bits per heavy atom. The van der Waals surface area contributed by atoms with E-state index in [0.29, 0.717) is 17.9 Å². The number of hydrogen-bond acceptors (Lipinski definition) is 2. The van der Waals surface area contributed by atoms with Crippen LogP contribution in [0.15, 0.2) is 24.3 Å². The van der Waals surface area contributed by atoms with Gasteiger partial charge < -0.3 is 5.11 Å². The molecule has 1 saturated heterocycles. The third kappa shape index (κ3) is 2.89. The number of benzene rings is 1. The Bertz CT molecular complexity index is 486. The Hall–Kier alpha value is -1.55. The van der Waals surface area contributed by atoms with Crippen molar-refractivity contribution in [2.45, 2.75) is 38.3 Å². The number of piperidine rings is 1. The van der Waals surface area contributed by atoms with Crippen LogP contribution in [-0.4, -0.2) is 27.9 Å². The highest BCUT2D eigenvalue weighted by Gasteiger charge is 2.37. The first-order valence-electron chi connectivity index (χ1n) is 6.31. The van der Waals surface area contributed by atoms with Gasteiger partial charge in [0, 0.05) is 23.9 Å². The van der Waals surface area contributed by atoms with E-state index < -0.39 is 12.1 Å². The SMILES string of the molecule is CCC1CC(=O)CC(c2ccc(Cl)cc2)N1C(=O)O. The quantitative estimate of drug-likeness (QED) is 0.902. The Labute approximate surface area is 117 Å². The van der Waals surface area contributed by atoms with Crippen molar-refractivity contribution in [2.24, 2.45) is 0 Å². The Morgan fingerprint density at radius 2 is 2.00 bits per heavy atom. The molecule has 0 radical (unpaired) electrons. The second-order valence-electron chi connectivity index (χ2n) is 4.77. The molecule has 1 aliphatic heterocycles. The number of carboxylic acid groups (broad SMARTS) is 1. The molecule has 2 unspecified atom stereocenters. The normalized spacial score (nSPS) is 23.5. The predicted molar refractivity (Wildman–Crippen MR) is 72.4 cm³/mol. The average Bonchev–Trinajstić information content (AvgIpc) is 2.38.